The van der Waals surface area contributed by atoms with Gasteiger partial charge in [-0.3, -0.25) is 5.10 Å². The van der Waals surface area contributed by atoms with Crippen LogP contribution in [-0.2, 0) is 9.47 Å². The molecule has 1 amide bonds. The Hall–Kier alpha value is -2.42. The molecule has 9 heteroatoms. The van der Waals surface area contributed by atoms with Crippen molar-refractivity contribution in [1.29, 1.82) is 0 Å². The third-order valence-electron chi connectivity index (χ3n) is 4.52. The molecular weight excluding hydrogens is 360 g/mol. The molecule has 2 fully saturated rings. The number of aromatic amines is 1. The number of piperidine rings is 1. The van der Waals surface area contributed by atoms with Gasteiger partial charge in [0.05, 0.1) is 19.4 Å². The average Bonchev–Trinajstić information content (AvgIpc) is 3.13. The Morgan fingerprint density at radius 1 is 1.14 bits per heavy atom. The number of amides is 1. The van der Waals surface area contributed by atoms with Crippen LogP contribution >= 0.6 is 0 Å². The fourth-order valence-corrected chi connectivity index (χ4v) is 3.15. The van der Waals surface area contributed by atoms with Gasteiger partial charge < -0.3 is 19.3 Å². The molecule has 2 aromatic rings. The number of aromatic nitrogens is 4. The number of rotatable bonds is 1. The second-order valence-corrected chi connectivity index (χ2v) is 7.96. The number of likely N-dealkylation sites (tertiary alicyclic amines) is 1. The first kappa shape index (κ1) is 20.3. The van der Waals surface area contributed by atoms with E-state index in [1.807, 2.05) is 20.8 Å². The molecule has 0 bridgehead atoms. The highest BCUT2D eigenvalue weighted by Crippen LogP contribution is 2.21. The number of H-pyrrole nitrogens is 1. The molecule has 4 heterocycles. The lowest BCUT2D eigenvalue weighted by Gasteiger charge is -2.29. The van der Waals surface area contributed by atoms with E-state index in [1.54, 1.807) is 17.4 Å². The van der Waals surface area contributed by atoms with E-state index in [1.165, 1.54) is 6.42 Å². The van der Waals surface area contributed by atoms with Gasteiger partial charge in [-0.2, -0.15) is 5.10 Å². The second-order valence-electron chi connectivity index (χ2n) is 7.96. The van der Waals surface area contributed by atoms with Gasteiger partial charge in [0.2, 0.25) is 0 Å². The summed E-state index contributed by atoms with van der Waals surface area (Å²) < 4.78 is 10.6. The summed E-state index contributed by atoms with van der Waals surface area (Å²) >= 11 is 0. The maximum absolute atomic E-state index is 11.5. The van der Waals surface area contributed by atoms with Crippen LogP contribution in [0.2, 0.25) is 0 Å². The molecule has 0 unspecified atom stereocenters. The van der Waals surface area contributed by atoms with Gasteiger partial charge >= 0.3 is 6.09 Å². The molecule has 0 radical (unpaired) electrons. The summed E-state index contributed by atoms with van der Waals surface area (Å²) in [6, 6.07) is 0. The van der Waals surface area contributed by atoms with Crippen LogP contribution in [0.25, 0.3) is 11.0 Å². The molecule has 0 aliphatic carbocycles. The van der Waals surface area contributed by atoms with Gasteiger partial charge in [-0.05, 0) is 40.0 Å². The van der Waals surface area contributed by atoms with Gasteiger partial charge in [-0.25, -0.2) is 14.8 Å². The smallest absolute Gasteiger partial charge is 0.410 e. The number of anilines is 1. The highest BCUT2D eigenvalue weighted by Gasteiger charge is 2.23. The molecule has 0 spiro atoms. The fourth-order valence-electron chi connectivity index (χ4n) is 3.15. The van der Waals surface area contributed by atoms with Crippen molar-refractivity contribution in [3.8, 4) is 0 Å². The Bertz CT molecular complexity index is 760. The number of morpholine rings is 1. The number of carbonyl (C=O) groups is 1. The van der Waals surface area contributed by atoms with E-state index in [4.69, 9.17) is 9.47 Å². The zero-order chi connectivity index (χ0) is 20.0. The maximum atomic E-state index is 11.5. The first-order valence-corrected chi connectivity index (χ1v) is 9.89. The van der Waals surface area contributed by atoms with Crippen LogP contribution in [0, 0.1) is 0 Å². The number of hydrogen-bond acceptors (Lipinski definition) is 7. The Kier molecular flexibility index (Phi) is 6.66. The first-order chi connectivity index (χ1) is 13.4. The van der Waals surface area contributed by atoms with Crippen LogP contribution in [0.1, 0.15) is 40.0 Å². The van der Waals surface area contributed by atoms with Gasteiger partial charge in [0.25, 0.3) is 0 Å². The molecular formula is C19H30N6O3. The van der Waals surface area contributed by atoms with Gasteiger partial charge in [-0.1, -0.05) is 0 Å². The van der Waals surface area contributed by atoms with E-state index in [0.717, 1.165) is 69.1 Å². The third-order valence-corrected chi connectivity index (χ3v) is 4.52. The van der Waals surface area contributed by atoms with Crippen LogP contribution in [0.5, 0.6) is 0 Å². The summed E-state index contributed by atoms with van der Waals surface area (Å²) in [6.45, 7) is 10.6. The van der Waals surface area contributed by atoms with Crippen molar-refractivity contribution >= 4 is 22.9 Å². The van der Waals surface area contributed by atoms with Crippen molar-refractivity contribution < 1.29 is 14.3 Å². The fraction of sp³-hybridized carbons (Fsp3) is 0.684. The summed E-state index contributed by atoms with van der Waals surface area (Å²) in [5.74, 6) is 0.899. The van der Waals surface area contributed by atoms with Gasteiger partial charge in [0.1, 0.15) is 23.0 Å². The topological polar surface area (TPSA) is 96.5 Å². The molecule has 2 aromatic heterocycles. The molecule has 154 valence electrons. The van der Waals surface area contributed by atoms with Crippen molar-refractivity contribution in [2.24, 2.45) is 0 Å². The van der Waals surface area contributed by atoms with E-state index in [2.05, 4.69) is 25.1 Å². The van der Waals surface area contributed by atoms with E-state index in [-0.39, 0.29) is 11.7 Å². The van der Waals surface area contributed by atoms with E-state index >= 15 is 0 Å². The molecule has 0 saturated carbocycles. The van der Waals surface area contributed by atoms with Crippen molar-refractivity contribution in [3.05, 3.63) is 12.5 Å². The number of ether oxygens (including phenoxy) is 2. The summed E-state index contributed by atoms with van der Waals surface area (Å²) in [7, 11) is 0. The summed E-state index contributed by atoms with van der Waals surface area (Å²) in [5, 5.41) is 7.19. The zero-order valence-electron chi connectivity index (χ0n) is 17.0. The van der Waals surface area contributed by atoms with Crippen LogP contribution in [0.4, 0.5) is 10.6 Å². The predicted molar refractivity (Wildman–Crippen MR) is 106 cm³/mol. The quantitative estimate of drug-likeness (QED) is 0.799. The summed E-state index contributed by atoms with van der Waals surface area (Å²) in [5.41, 5.74) is 1.39. The number of hydrogen-bond donors (Lipinski definition) is 1. The van der Waals surface area contributed by atoms with Crippen molar-refractivity contribution in [2.75, 3.05) is 44.3 Å². The SMILES string of the molecule is CC(C)(C)OC(=O)N1CCCCC1.c1ncc2[nH]nc(N3CCOCC3)c2n1. The number of fused-ring (bicyclic) bond motifs is 1. The predicted octanol–water partition coefficient (Wildman–Crippen LogP) is 2.60. The van der Waals surface area contributed by atoms with Crippen LogP contribution < -0.4 is 4.90 Å². The van der Waals surface area contributed by atoms with Crippen LogP contribution in [0.3, 0.4) is 0 Å². The van der Waals surface area contributed by atoms with E-state index in [9.17, 15) is 4.79 Å². The van der Waals surface area contributed by atoms with E-state index in [0.29, 0.717) is 0 Å². The average molecular weight is 390 g/mol. The minimum atomic E-state index is -0.367. The zero-order valence-corrected chi connectivity index (χ0v) is 17.0. The molecule has 1 N–H and O–H groups in total. The van der Waals surface area contributed by atoms with Crippen LogP contribution in [-0.4, -0.2) is 76.2 Å². The largest absolute Gasteiger partial charge is 0.444 e. The standard InChI is InChI=1S/C10H19NO2.C9H11N5O/c1-10(2,3)13-9(12)11-7-5-4-6-8-11;1-3-15-4-2-14(1)9-8-7(12-13-9)5-10-6-11-8/h4-8H2,1-3H3;5-6H,1-4H2,(H,12,13). The van der Waals surface area contributed by atoms with Gasteiger partial charge in [0, 0.05) is 26.2 Å². The minimum absolute atomic E-state index is 0.160. The molecule has 0 aromatic carbocycles. The molecule has 2 aliphatic rings. The Morgan fingerprint density at radius 2 is 1.86 bits per heavy atom. The second kappa shape index (κ2) is 9.18. The number of nitrogens with zero attached hydrogens (tertiary/aromatic N) is 5. The Balaban J connectivity index is 0.000000163. The lowest BCUT2D eigenvalue weighted by Crippen LogP contribution is -2.39. The molecule has 2 saturated heterocycles. The minimum Gasteiger partial charge on any atom is -0.444 e. The summed E-state index contributed by atoms with van der Waals surface area (Å²) in [4.78, 5) is 23.7. The number of nitrogens with one attached hydrogen (secondary N) is 1. The molecule has 4 rings (SSSR count). The molecule has 28 heavy (non-hydrogen) atoms. The maximum Gasteiger partial charge on any atom is 0.410 e. The number of carbonyl (C=O) groups excluding carboxylic acids is 1. The first-order valence-electron chi connectivity index (χ1n) is 9.89. The van der Waals surface area contributed by atoms with E-state index < -0.39 is 0 Å². The monoisotopic (exact) mass is 390 g/mol. The molecule has 9 nitrogen and oxygen atoms in total. The Labute approximate surface area is 165 Å². The van der Waals surface area contributed by atoms with Crippen LogP contribution in [0.15, 0.2) is 12.5 Å². The molecule has 2 aliphatic heterocycles. The van der Waals surface area contributed by atoms with Gasteiger partial charge in [0.15, 0.2) is 5.82 Å². The van der Waals surface area contributed by atoms with Crippen molar-refractivity contribution in [2.45, 2.75) is 45.6 Å². The normalized spacial score (nSPS) is 17.8. The highest BCUT2D eigenvalue weighted by molar-refractivity contribution is 5.85. The Morgan fingerprint density at radius 3 is 2.54 bits per heavy atom. The van der Waals surface area contributed by atoms with Gasteiger partial charge in [-0.15, -0.1) is 0 Å². The van der Waals surface area contributed by atoms with Crippen molar-refractivity contribution in [1.82, 2.24) is 25.1 Å². The molecule has 0 atom stereocenters. The lowest BCUT2D eigenvalue weighted by atomic mass is 10.1. The lowest BCUT2D eigenvalue weighted by molar-refractivity contribution is 0.0216. The highest BCUT2D eigenvalue weighted by atomic mass is 16.6. The third kappa shape index (κ3) is 5.54. The summed E-state index contributed by atoms with van der Waals surface area (Å²) in [6.07, 6.45) is 6.57. The van der Waals surface area contributed by atoms with Crippen molar-refractivity contribution in [3.63, 3.8) is 0 Å².